The number of carbonyl (C=O) groups is 2. The highest BCUT2D eigenvalue weighted by Crippen LogP contribution is 2.23. The highest BCUT2D eigenvalue weighted by atomic mass is 16.5. The Morgan fingerprint density at radius 1 is 1.21 bits per heavy atom. The van der Waals surface area contributed by atoms with Crippen LogP contribution in [0.15, 0.2) is 40.8 Å². The Kier molecular flexibility index (Phi) is 4.13. The Morgan fingerprint density at radius 3 is 2.58 bits per heavy atom. The fraction of sp³-hybridized carbons (Fsp3) is 0.200. The highest BCUT2D eigenvalue weighted by molar-refractivity contribution is 5.89. The first kappa shape index (κ1) is 13.1. The summed E-state index contributed by atoms with van der Waals surface area (Å²) in [7, 11) is 1.35. The summed E-state index contributed by atoms with van der Waals surface area (Å²) in [6, 6.07) is 10.7. The fourth-order valence-corrected chi connectivity index (χ4v) is 1.76. The normalized spacial score (nSPS) is 10.2. The van der Waals surface area contributed by atoms with Crippen LogP contribution in [0.1, 0.15) is 22.5 Å². The average Bonchev–Trinajstić information content (AvgIpc) is 2.93. The number of hydrogen-bond donors (Lipinski definition) is 0. The van der Waals surface area contributed by atoms with Gasteiger partial charge in [-0.3, -0.25) is 0 Å². The van der Waals surface area contributed by atoms with Crippen LogP contribution in [0.4, 0.5) is 0 Å². The van der Waals surface area contributed by atoms with Gasteiger partial charge >= 0.3 is 5.97 Å². The van der Waals surface area contributed by atoms with Gasteiger partial charge in [-0.05, 0) is 24.3 Å². The smallest absolute Gasteiger partial charge is 0.337 e. The standard InChI is InChI=1S/C15H14O4/c1-18-15(17)12-6-4-11(5-7-12)14-9-8-13(19-14)3-2-10-16/h4-10H,2-3H2,1H3. The van der Waals surface area contributed by atoms with Gasteiger partial charge in [0, 0.05) is 18.4 Å². The summed E-state index contributed by atoms with van der Waals surface area (Å²) in [5.74, 6) is 1.13. The Balaban J connectivity index is 2.15. The molecule has 0 atom stereocenters. The minimum atomic E-state index is -0.363. The zero-order valence-electron chi connectivity index (χ0n) is 10.6. The van der Waals surface area contributed by atoms with Crippen LogP contribution >= 0.6 is 0 Å². The summed E-state index contributed by atoms with van der Waals surface area (Å²) in [5.41, 5.74) is 1.38. The molecule has 0 radical (unpaired) electrons. The molecule has 1 aromatic heterocycles. The van der Waals surface area contributed by atoms with Crippen LogP contribution in [0.2, 0.25) is 0 Å². The molecule has 0 unspecified atom stereocenters. The van der Waals surface area contributed by atoms with E-state index in [2.05, 4.69) is 4.74 Å². The lowest BCUT2D eigenvalue weighted by Crippen LogP contribution is -2.00. The number of rotatable bonds is 5. The van der Waals surface area contributed by atoms with E-state index in [1.807, 2.05) is 12.1 Å². The van der Waals surface area contributed by atoms with E-state index in [9.17, 15) is 9.59 Å². The third kappa shape index (κ3) is 3.10. The first-order valence-electron chi connectivity index (χ1n) is 5.95. The van der Waals surface area contributed by atoms with Gasteiger partial charge in [-0.25, -0.2) is 4.79 Å². The first-order chi connectivity index (χ1) is 9.24. The van der Waals surface area contributed by atoms with E-state index in [-0.39, 0.29) is 5.97 Å². The van der Waals surface area contributed by atoms with E-state index in [0.29, 0.717) is 18.4 Å². The lowest BCUT2D eigenvalue weighted by Gasteiger charge is -2.00. The molecule has 0 aliphatic heterocycles. The summed E-state index contributed by atoms with van der Waals surface area (Å²) in [5, 5.41) is 0. The van der Waals surface area contributed by atoms with Gasteiger partial charge in [0.05, 0.1) is 12.7 Å². The second-order valence-corrected chi connectivity index (χ2v) is 4.04. The Hall–Kier alpha value is -2.36. The van der Waals surface area contributed by atoms with Crippen molar-refractivity contribution in [1.82, 2.24) is 0 Å². The maximum absolute atomic E-state index is 11.3. The van der Waals surface area contributed by atoms with Gasteiger partial charge in [0.2, 0.25) is 0 Å². The van der Waals surface area contributed by atoms with Crippen LogP contribution in [0, 0.1) is 0 Å². The molecule has 19 heavy (non-hydrogen) atoms. The average molecular weight is 258 g/mol. The molecule has 1 heterocycles. The van der Waals surface area contributed by atoms with Crippen LogP contribution in [0.3, 0.4) is 0 Å². The number of carbonyl (C=O) groups excluding carboxylic acids is 2. The Morgan fingerprint density at radius 2 is 1.95 bits per heavy atom. The molecular weight excluding hydrogens is 244 g/mol. The van der Waals surface area contributed by atoms with Gasteiger partial charge < -0.3 is 13.9 Å². The molecule has 0 aliphatic carbocycles. The molecule has 0 fully saturated rings. The van der Waals surface area contributed by atoms with Crippen LogP contribution < -0.4 is 0 Å². The van der Waals surface area contributed by atoms with E-state index in [4.69, 9.17) is 4.42 Å². The monoisotopic (exact) mass is 258 g/mol. The molecule has 0 spiro atoms. The molecule has 0 amide bonds. The molecule has 2 rings (SSSR count). The molecule has 0 saturated carbocycles. The summed E-state index contributed by atoms with van der Waals surface area (Å²) in [4.78, 5) is 21.6. The van der Waals surface area contributed by atoms with Crippen molar-refractivity contribution in [2.24, 2.45) is 0 Å². The summed E-state index contributed by atoms with van der Waals surface area (Å²) in [6.45, 7) is 0. The number of furan rings is 1. The summed E-state index contributed by atoms with van der Waals surface area (Å²) < 4.78 is 10.3. The quantitative estimate of drug-likeness (QED) is 0.611. The number of esters is 1. The van der Waals surface area contributed by atoms with Gasteiger partial charge in [-0.1, -0.05) is 12.1 Å². The molecule has 2 aromatic rings. The molecule has 0 N–H and O–H groups in total. The van der Waals surface area contributed by atoms with Crippen LogP contribution in [-0.2, 0) is 16.0 Å². The van der Waals surface area contributed by atoms with Gasteiger partial charge in [0.15, 0.2) is 0 Å². The van der Waals surface area contributed by atoms with Gasteiger partial charge in [-0.2, -0.15) is 0 Å². The van der Waals surface area contributed by atoms with E-state index >= 15 is 0 Å². The van der Waals surface area contributed by atoms with Crippen LogP contribution in [-0.4, -0.2) is 19.4 Å². The number of benzene rings is 1. The third-order valence-corrected chi connectivity index (χ3v) is 2.76. The lowest BCUT2D eigenvalue weighted by atomic mass is 10.1. The van der Waals surface area contributed by atoms with Crippen molar-refractivity contribution in [2.75, 3.05) is 7.11 Å². The molecule has 4 nitrogen and oxygen atoms in total. The zero-order chi connectivity index (χ0) is 13.7. The van der Waals surface area contributed by atoms with Crippen molar-refractivity contribution in [2.45, 2.75) is 12.8 Å². The number of aldehydes is 1. The van der Waals surface area contributed by atoms with Gasteiger partial charge in [0.1, 0.15) is 17.8 Å². The van der Waals surface area contributed by atoms with Crippen molar-refractivity contribution in [3.8, 4) is 11.3 Å². The zero-order valence-corrected chi connectivity index (χ0v) is 10.6. The second-order valence-electron chi connectivity index (χ2n) is 4.04. The van der Waals surface area contributed by atoms with Gasteiger partial charge in [0.25, 0.3) is 0 Å². The van der Waals surface area contributed by atoms with Crippen molar-refractivity contribution in [3.63, 3.8) is 0 Å². The molecular formula is C15H14O4. The van der Waals surface area contributed by atoms with Crippen molar-refractivity contribution in [1.29, 1.82) is 0 Å². The molecule has 0 aliphatic rings. The van der Waals surface area contributed by atoms with Gasteiger partial charge in [-0.15, -0.1) is 0 Å². The van der Waals surface area contributed by atoms with E-state index in [0.717, 1.165) is 23.4 Å². The largest absolute Gasteiger partial charge is 0.465 e. The predicted octanol–water partition coefficient (Wildman–Crippen LogP) is 2.86. The lowest BCUT2D eigenvalue weighted by molar-refractivity contribution is -0.107. The van der Waals surface area contributed by atoms with Crippen molar-refractivity contribution in [3.05, 3.63) is 47.7 Å². The van der Waals surface area contributed by atoms with Crippen LogP contribution in [0.25, 0.3) is 11.3 Å². The maximum atomic E-state index is 11.3. The molecule has 98 valence electrons. The summed E-state index contributed by atoms with van der Waals surface area (Å²) in [6.07, 6.45) is 1.92. The van der Waals surface area contributed by atoms with Crippen LogP contribution in [0.5, 0.6) is 0 Å². The number of ether oxygens (including phenoxy) is 1. The predicted molar refractivity (Wildman–Crippen MR) is 69.9 cm³/mol. The second kappa shape index (κ2) is 6.00. The Labute approximate surface area is 111 Å². The SMILES string of the molecule is COC(=O)c1ccc(-c2ccc(CCC=O)o2)cc1. The maximum Gasteiger partial charge on any atom is 0.337 e. The summed E-state index contributed by atoms with van der Waals surface area (Å²) >= 11 is 0. The topological polar surface area (TPSA) is 56.5 Å². The van der Waals surface area contributed by atoms with Crippen molar-refractivity contribution < 1.29 is 18.7 Å². The number of hydrogen-bond acceptors (Lipinski definition) is 4. The minimum absolute atomic E-state index is 0.363. The first-order valence-corrected chi connectivity index (χ1v) is 5.95. The number of aryl methyl sites for hydroxylation is 1. The Bertz CT molecular complexity index is 566. The third-order valence-electron chi connectivity index (χ3n) is 2.76. The fourth-order valence-electron chi connectivity index (χ4n) is 1.76. The van der Waals surface area contributed by atoms with E-state index in [1.165, 1.54) is 7.11 Å². The molecule has 4 heteroatoms. The van der Waals surface area contributed by atoms with E-state index < -0.39 is 0 Å². The molecule has 0 bridgehead atoms. The molecule has 0 saturated heterocycles. The van der Waals surface area contributed by atoms with Crippen molar-refractivity contribution >= 4 is 12.3 Å². The highest BCUT2D eigenvalue weighted by Gasteiger charge is 2.08. The number of methoxy groups -OCH3 is 1. The molecule has 1 aromatic carbocycles. The minimum Gasteiger partial charge on any atom is -0.465 e. The van der Waals surface area contributed by atoms with E-state index in [1.54, 1.807) is 24.3 Å².